The molecular formula is C14H21N3O3S. The molecule has 2 unspecified atom stereocenters. The molecule has 0 spiro atoms. The highest BCUT2D eigenvalue weighted by Crippen LogP contribution is 2.36. The molecule has 6 nitrogen and oxygen atoms in total. The molecule has 116 valence electrons. The molecule has 1 aliphatic rings. The van der Waals surface area contributed by atoms with Gasteiger partial charge in [-0.2, -0.15) is 0 Å². The van der Waals surface area contributed by atoms with Crippen LogP contribution < -0.4 is 16.8 Å². The van der Waals surface area contributed by atoms with Crippen molar-refractivity contribution in [1.29, 1.82) is 0 Å². The van der Waals surface area contributed by atoms with Gasteiger partial charge in [-0.1, -0.05) is 6.92 Å². The lowest BCUT2D eigenvalue weighted by Gasteiger charge is -2.15. The lowest BCUT2D eigenvalue weighted by atomic mass is 10.0. The number of hydrogen-bond donors (Lipinski definition) is 3. The van der Waals surface area contributed by atoms with E-state index in [1.165, 1.54) is 11.3 Å². The van der Waals surface area contributed by atoms with E-state index in [-0.39, 0.29) is 23.1 Å². The number of nitrogens with one attached hydrogen (secondary N) is 1. The summed E-state index contributed by atoms with van der Waals surface area (Å²) in [6.07, 6.45) is 1.50. The van der Waals surface area contributed by atoms with E-state index in [9.17, 15) is 9.59 Å². The minimum Gasteiger partial charge on any atom is -0.397 e. The number of rotatable bonds is 6. The highest BCUT2D eigenvalue weighted by atomic mass is 32.1. The first-order valence-electron chi connectivity index (χ1n) is 7.06. The van der Waals surface area contributed by atoms with Crippen molar-refractivity contribution in [3.8, 4) is 0 Å². The Bertz CT molecular complexity index is 556. The maximum atomic E-state index is 11.9. The third-order valence-corrected chi connectivity index (χ3v) is 5.03. The van der Waals surface area contributed by atoms with Gasteiger partial charge >= 0.3 is 0 Å². The van der Waals surface area contributed by atoms with E-state index in [2.05, 4.69) is 5.32 Å². The summed E-state index contributed by atoms with van der Waals surface area (Å²) in [6, 6.07) is 0. The average Bonchev–Trinajstić information content (AvgIpc) is 2.99. The van der Waals surface area contributed by atoms with Crippen LogP contribution >= 0.6 is 11.3 Å². The van der Waals surface area contributed by atoms with Gasteiger partial charge in [0.05, 0.1) is 22.2 Å². The van der Waals surface area contributed by atoms with E-state index >= 15 is 0 Å². The van der Waals surface area contributed by atoms with Crippen molar-refractivity contribution in [2.24, 2.45) is 11.7 Å². The van der Waals surface area contributed by atoms with E-state index in [1.807, 2.05) is 6.92 Å². The van der Waals surface area contributed by atoms with Gasteiger partial charge in [0.1, 0.15) is 5.00 Å². The molecule has 2 atom stereocenters. The fourth-order valence-corrected chi connectivity index (χ4v) is 3.59. The van der Waals surface area contributed by atoms with Crippen molar-refractivity contribution in [3.63, 3.8) is 0 Å². The second-order valence-corrected chi connectivity index (χ2v) is 6.22. The molecule has 0 bridgehead atoms. The SMILES string of the molecule is CCC(=O)c1sc(NCC2CCOC2C)c(C(N)=O)c1N. The van der Waals surface area contributed by atoms with Crippen LogP contribution in [-0.4, -0.2) is 30.9 Å². The molecule has 5 N–H and O–H groups in total. The highest BCUT2D eigenvalue weighted by molar-refractivity contribution is 7.19. The molecule has 1 aromatic heterocycles. The first-order chi connectivity index (χ1) is 9.95. The van der Waals surface area contributed by atoms with Crippen molar-refractivity contribution in [2.75, 3.05) is 24.2 Å². The van der Waals surface area contributed by atoms with E-state index in [4.69, 9.17) is 16.2 Å². The Kier molecular flexibility index (Phi) is 4.84. The number of ether oxygens (including phenoxy) is 1. The number of Topliss-reactive ketones (excluding diaryl/α,β-unsaturated/α-hetero) is 1. The summed E-state index contributed by atoms with van der Waals surface area (Å²) in [4.78, 5) is 23.9. The lowest BCUT2D eigenvalue weighted by molar-refractivity contribution is 0.0991. The van der Waals surface area contributed by atoms with Crippen molar-refractivity contribution in [3.05, 3.63) is 10.4 Å². The van der Waals surface area contributed by atoms with Crippen molar-refractivity contribution in [1.82, 2.24) is 0 Å². The van der Waals surface area contributed by atoms with E-state index < -0.39 is 5.91 Å². The number of carbonyl (C=O) groups is 2. The largest absolute Gasteiger partial charge is 0.397 e. The molecule has 1 amide bonds. The number of nitrogen functional groups attached to an aromatic ring is 1. The fourth-order valence-electron chi connectivity index (χ4n) is 2.45. The molecule has 0 aliphatic carbocycles. The van der Waals surface area contributed by atoms with Gasteiger partial charge < -0.3 is 21.5 Å². The topological polar surface area (TPSA) is 107 Å². The molecule has 7 heteroatoms. The Balaban J connectivity index is 2.21. The highest BCUT2D eigenvalue weighted by Gasteiger charge is 2.27. The van der Waals surface area contributed by atoms with Crippen LogP contribution in [-0.2, 0) is 4.74 Å². The average molecular weight is 311 g/mol. The summed E-state index contributed by atoms with van der Waals surface area (Å²) < 4.78 is 5.51. The summed E-state index contributed by atoms with van der Waals surface area (Å²) >= 11 is 1.20. The maximum Gasteiger partial charge on any atom is 0.253 e. The molecule has 2 rings (SSSR count). The van der Waals surface area contributed by atoms with Crippen LogP contribution in [0.15, 0.2) is 0 Å². The zero-order valence-electron chi connectivity index (χ0n) is 12.3. The summed E-state index contributed by atoms with van der Waals surface area (Å²) in [5, 5.41) is 3.79. The number of ketones is 1. The van der Waals surface area contributed by atoms with Crippen LogP contribution in [0.4, 0.5) is 10.7 Å². The van der Waals surface area contributed by atoms with Gasteiger partial charge in [0.2, 0.25) is 0 Å². The predicted molar refractivity (Wildman–Crippen MR) is 83.9 cm³/mol. The van der Waals surface area contributed by atoms with Gasteiger partial charge in [0.25, 0.3) is 5.91 Å². The van der Waals surface area contributed by atoms with Gasteiger partial charge in [0, 0.05) is 25.5 Å². The molecule has 0 radical (unpaired) electrons. The first-order valence-corrected chi connectivity index (χ1v) is 7.88. The van der Waals surface area contributed by atoms with Crippen molar-refractivity contribution in [2.45, 2.75) is 32.8 Å². The quantitative estimate of drug-likeness (QED) is 0.695. The van der Waals surface area contributed by atoms with Gasteiger partial charge in [-0.15, -0.1) is 11.3 Å². The molecule has 1 fully saturated rings. The number of primary amides is 1. The second-order valence-electron chi connectivity index (χ2n) is 5.20. The number of thiophene rings is 1. The monoisotopic (exact) mass is 311 g/mol. The van der Waals surface area contributed by atoms with Gasteiger partial charge in [-0.25, -0.2) is 0 Å². The molecule has 1 aliphatic heterocycles. The van der Waals surface area contributed by atoms with Crippen LogP contribution in [0.25, 0.3) is 0 Å². The summed E-state index contributed by atoms with van der Waals surface area (Å²) in [5.41, 5.74) is 11.7. The van der Waals surface area contributed by atoms with E-state index in [0.717, 1.165) is 13.0 Å². The molecule has 0 aromatic carbocycles. The predicted octanol–water partition coefficient (Wildman–Crippen LogP) is 1.86. The van der Waals surface area contributed by atoms with Crippen LogP contribution in [0.5, 0.6) is 0 Å². The third-order valence-electron chi connectivity index (χ3n) is 3.82. The molecule has 1 aromatic rings. The number of anilines is 2. The summed E-state index contributed by atoms with van der Waals surface area (Å²) in [5.74, 6) is -0.317. The first kappa shape index (κ1) is 15.8. The zero-order chi connectivity index (χ0) is 15.6. The smallest absolute Gasteiger partial charge is 0.253 e. The molecular weight excluding hydrogens is 290 g/mol. The Morgan fingerprint density at radius 2 is 2.19 bits per heavy atom. The Morgan fingerprint density at radius 3 is 2.71 bits per heavy atom. The van der Waals surface area contributed by atoms with Crippen LogP contribution in [0, 0.1) is 5.92 Å². The molecule has 2 heterocycles. The van der Waals surface area contributed by atoms with Gasteiger partial charge in [-0.05, 0) is 13.3 Å². The Labute approximate surface area is 127 Å². The van der Waals surface area contributed by atoms with Gasteiger partial charge in [0.15, 0.2) is 5.78 Å². The van der Waals surface area contributed by atoms with Crippen LogP contribution in [0.3, 0.4) is 0 Å². The Hall–Kier alpha value is -1.60. The summed E-state index contributed by atoms with van der Waals surface area (Å²) in [7, 11) is 0. The molecule has 1 saturated heterocycles. The normalized spacial score (nSPS) is 21.4. The zero-order valence-corrected chi connectivity index (χ0v) is 13.1. The molecule has 0 saturated carbocycles. The lowest BCUT2D eigenvalue weighted by Crippen LogP contribution is -2.22. The number of amides is 1. The fraction of sp³-hybridized carbons (Fsp3) is 0.571. The van der Waals surface area contributed by atoms with E-state index in [0.29, 0.717) is 28.8 Å². The maximum absolute atomic E-state index is 11.9. The Morgan fingerprint density at radius 1 is 1.48 bits per heavy atom. The third kappa shape index (κ3) is 3.19. The summed E-state index contributed by atoms with van der Waals surface area (Å²) in [6.45, 7) is 5.21. The minimum absolute atomic E-state index is 0.0781. The minimum atomic E-state index is -0.614. The number of hydrogen-bond acceptors (Lipinski definition) is 6. The van der Waals surface area contributed by atoms with Gasteiger partial charge in [-0.3, -0.25) is 9.59 Å². The second kappa shape index (κ2) is 6.44. The van der Waals surface area contributed by atoms with Crippen molar-refractivity contribution < 1.29 is 14.3 Å². The van der Waals surface area contributed by atoms with Crippen LogP contribution in [0.2, 0.25) is 0 Å². The van der Waals surface area contributed by atoms with Crippen LogP contribution in [0.1, 0.15) is 46.7 Å². The van der Waals surface area contributed by atoms with Crippen molar-refractivity contribution >= 4 is 33.7 Å². The van der Waals surface area contributed by atoms with E-state index in [1.54, 1.807) is 6.92 Å². The number of carbonyl (C=O) groups excluding carboxylic acids is 2. The number of nitrogens with two attached hydrogens (primary N) is 2. The molecule has 21 heavy (non-hydrogen) atoms. The standard InChI is InChI=1S/C14H21N3O3S/c1-3-9(18)12-11(15)10(13(16)19)14(21-12)17-6-8-4-5-20-7(8)2/h7-8,17H,3-6,15H2,1-2H3,(H2,16,19).